The van der Waals surface area contributed by atoms with Crippen LogP contribution in [-0.2, 0) is 6.42 Å². The van der Waals surface area contributed by atoms with E-state index in [0.29, 0.717) is 24.1 Å². The van der Waals surface area contributed by atoms with Crippen molar-refractivity contribution >= 4 is 11.3 Å². The highest BCUT2D eigenvalue weighted by Gasteiger charge is 2.15. The van der Waals surface area contributed by atoms with E-state index in [1.165, 1.54) is 5.56 Å². The van der Waals surface area contributed by atoms with E-state index < -0.39 is 0 Å². The standard InChI is InChI=1S/C12H17N3OS/c1-7(2)10(13)4-11-14-12(15-16-11)9-6-17-5-8(9)3/h5-7,10H,4,13H2,1-3H3. The summed E-state index contributed by atoms with van der Waals surface area (Å²) < 4.78 is 5.23. The van der Waals surface area contributed by atoms with E-state index in [2.05, 4.69) is 29.4 Å². The molecule has 2 heterocycles. The van der Waals surface area contributed by atoms with E-state index >= 15 is 0 Å². The van der Waals surface area contributed by atoms with Gasteiger partial charge in [0.05, 0.1) is 0 Å². The van der Waals surface area contributed by atoms with Gasteiger partial charge in [-0.1, -0.05) is 19.0 Å². The van der Waals surface area contributed by atoms with Crippen molar-refractivity contribution in [2.45, 2.75) is 33.2 Å². The molecule has 92 valence electrons. The summed E-state index contributed by atoms with van der Waals surface area (Å²) in [5.41, 5.74) is 8.20. The summed E-state index contributed by atoms with van der Waals surface area (Å²) in [5, 5.41) is 8.11. The lowest BCUT2D eigenvalue weighted by Crippen LogP contribution is -2.28. The third kappa shape index (κ3) is 2.73. The first-order valence-electron chi connectivity index (χ1n) is 5.69. The smallest absolute Gasteiger partial charge is 0.228 e. The first-order chi connectivity index (χ1) is 8.08. The quantitative estimate of drug-likeness (QED) is 0.907. The number of nitrogens with zero attached hydrogens (tertiary/aromatic N) is 2. The number of aromatic nitrogens is 2. The molecule has 0 saturated carbocycles. The molecule has 0 radical (unpaired) electrons. The van der Waals surface area contributed by atoms with E-state index in [0.717, 1.165) is 5.56 Å². The van der Waals surface area contributed by atoms with Gasteiger partial charge in [0.2, 0.25) is 11.7 Å². The molecule has 0 bridgehead atoms. The number of hydrogen-bond donors (Lipinski definition) is 1. The number of aryl methyl sites for hydroxylation is 1. The third-order valence-electron chi connectivity index (χ3n) is 2.83. The Balaban J connectivity index is 2.14. The zero-order chi connectivity index (χ0) is 12.4. The topological polar surface area (TPSA) is 64.9 Å². The third-order valence-corrected chi connectivity index (χ3v) is 3.69. The highest BCUT2D eigenvalue weighted by atomic mass is 32.1. The molecule has 5 heteroatoms. The van der Waals surface area contributed by atoms with Gasteiger partial charge >= 0.3 is 0 Å². The van der Waals surface area contributed by atoms with Crippen molar-refractivity contribution in [3.8, 4) is 11.4 Å². The van der Waals surface area contributed by atoms with Gasteiger partial charge in [0.1, 0.15) is 0 Å². The summed E-state index contributed by atoms with van der Waals surface area (Å²) in [5.74, 6) is 1.69. The Morgan fingerprint density at radius 1 is 1.41 bits per heavy atom. The predicted octanol–water partition coefficient (Wildman–Crippen LogP) is 2.63. The first kappa shape index (κ1) is 12.3. The molecule has 0 aliphatic rings. The van der Waals surface area contributed by atoms with Crippen molar-refractivity contribution < 1.29 is 4.52 Å². The van der Waals surface area contributed by atoms with Crippen LogP contribution in [0.15, 0.2) is 15.3 Å². The van der Waals surface area contributed by atoms with Gasteiger partial charge < -0.3 is 10.3 Å². The molecule has 0 aliphatic carbocycles. The molecule has 0 aromatic carbocycles. The molecule has 0 fully saturated rings. The summed E-state index contributed by atoms with van der Waals surface area (Å²) in [7, 11) is 0. The minimum atomic E-state index is 0.0619. The van der Waals surface area contributed by atoms with Crippen LogP contribution in [0.2, 0.25) is 0 Å². The molecule has 2 rings (SSSR count). The van der Waals surface area contributed by atoms with Crippen LogP contribution in [0.5, 0.6) is 0 Å². The van der Waals surface area contributed by atoms with Crippen molar-refractivity contribution in [1.29, 1.82) is 0 Å². The molecule has 0 saturated heterocycles. The Morgan fingerprint density at radius 2 is 2.18 bits per heavy atom. The van der Waals surface area contributed by atoms with Crippen molar-refractivity contribution in [3.63, 3.8) is 0 Å². The SMILES string of the molecule is Cc1cscc1-c1noc(CC(N)C(C)C)n1. The highest BCUT2D eigenvalue weighted by molar-refractivity contribution is 7.08. The Bertz CT molecular complexity index is 489. The van der Waals surface area contributed by atoms with E-state index in [-0.39, 0.29) is 6.04 Å². The van der Waals surface area contributed by atoms with E-state index in [1.807, 2.05) is 12.3 Å². The number of nitrogens with two attached hydrogens (primary N) is 1. The molecule has 1 unspecified atom stereocenters. The number of thiophene rings is 1. The fraction of sp³-hybridized carbons (Fsp3) is 0.500. The zero-order valence-corrected chi connectivity index (χ0v) is 11.1. The van der Waals surface area contributed by atoms with Gasteiger partial charge in [0, 0.05) is 23.4 Å². The molecule has 0 amide bonds. The summed E-state index contributed by atoms with van der Waals surface area (Å²) in [6.07, 6.45) is 0.633. The summed E-state index contributed by atoms with van der Waals surface area (Å²) >= 11 is 1.64. The lowest BCUT2D eigenvalue weighted by molar-refractivity contribution is 0.353. The summed E-state index contributed by atoms with van der Waals surface area (Å²) in [6.45, 7) is 6.22. The van der Waals surface area contributed by atoms with Gasteiger partial charge in [-0.15, -0.1) is 0 Å². The zero-order valence-electron chi connectivity index (χ0n) is 10.3. The van der Waals surface area contributed by atoms with E-state index in [9.17, 15) is 0 Å². The molecule has 2 aromatic heterocycles. The van der Waals surface area contributed by atoms with Crippen LogP contribution in [-0.4, -0.2) is 16.2 Å². The molecular weight excluding hydrogens is 234 g/mol. The molecule has 0 spiro atoms. The van der Waals surface area contributed by atoms with Gasteiger partial charge in [-0.2, -0.15) is 16.3 Å². The first-order valence-corrected chi connectivity index (χ1v) is 6.63. The van der Waals surface area contributed by atoms with Gasteiger partial charge in [0.25, 0.3) is 0 Å². The molecule has 4 nitrogen and oxygen atoms in total. The molecule has 1 atom stereocenters. The minimum Gasteiger partial charge on any atom is -0.339 e. The fourth-order valence-corrected chi connectivity index (χ4v) is 2.30. The molecular formula is C12H17N3OS. The summed E-state index contributed by atoms with van der Waals surface area (Å²) in [6, 6.07) is 0.0619. The monoisotopic (exact) mass is 251 g/mol. The maximum atomic E-state index is 5.98. The van der Waals surface area contributed by atoms with Crippen LogP contribution in [0.25, 0.3) is 11.4 Å². The van der Waals surface area contributed by atoms with Crippen LogP contribution in [0.3, 0.4) is 0 Å². The molecule has 0 aliphatic heterocycles. The van der Waals surface area contributed by atoms with Gasteiger partial charge in [-0.3, -0.25) is 0 Å². The second kappa shape index (κ2) is 4.98. The van der Waals surface area contributed by atoms with Crippen molar-refractivity contribution in [2.75, 3.05) is 0 Å². The van der Waals surface area contributed by atoms with E-state index in [1.54, 1.807) is 11.3 Å². The average molecular weight is 251 g/mol. The predicted molar refractivity (Wildman–Crippen MR) is 68.9 cm³/mol. The van der Waals surface area contributed by atoms with Crippen molar-refractivity contribution in [3.05, 3.63) is 22.2 Å². The van der Waals surface area contributed by atoms with Gasteiger partial charge in [0.15, 0.2) is 0 Å². The lowest BCUT2D eigenvalue weighted by Gasteiger charge is -2.11. The maximum Gasteiger partial charge on any atom is 0.228 e. The summed E-state index contributed by atoms with van der Waals surface area (Å²) in [4.78, 5) is 4.38. The van der Waals surface area contributed by atoms with Crippen LogP contribution < -0.4 is 5.73 Å². The van der Waals surface area contributed by atoms with Crippen molar-refractivity contribution in [1.82, 2.24) is 10.1 Å². The second-order valence-corrected chi connectivity index (χ2v) is 5.34. The second-order valence-electron chi connectivity index (χ2n) is 4.59. The fourth-order valence-electron chi connectivity index (χ4n) is 1.47. The average Bonchev–Trinajstić information content (AvgIpc) is 2.86. The van der Waals surface area contributed by atoms with Crippen LogP contribution in [0.4, 0.5) is 0 Å². The minimum absolute atomic E-state index is 0.0619. The Morgan fingerprint density at radius 3 is 2.76 bits per heavy atom. The van der Waals surface area contributed by atoms with Gasteiger partial charge in [-0.05, 0) is 23.8 Å². The van der Waals surface area contributed by atoms with Crippen molar-refractivity contribution in [2.24, 2.45) is 11.7 Å². The van der Waals surface area contributed by atoms with Crippen LogP contribution >= 0.6 is 11.3 Å². The number of rotatable bonds is 4. The molecule has 2 N–H and O–H groups in total. The normalized spacial score (nSPS) is 13.2. The largest absolute Gasteiger partial charge is 0.339 e. The Labute approximate surface area is 105 Å². The maximum absolute atomic E-state index is 5.98. The Kier molecular flexibility index (Phi) is 3.59. The van der Waals surface area contributed by atoms with Gasteiger partial charge in [-0.25, -0.2) is 0 Å². The van der Waals surface area contributed by atoms with E-state index in [4.69, 9.17) is 10.3 Å². The number of hydrogen-bond acceptors (Lipinski definition) is 5. The van der Waals surface area contributed by atoms with Crippen LogP contribution in [0, 0.1) is 12.8 Å². The molecule has 17 heavy (non-hydrogen) atoms. The lowest BCUT2D eigenvalue weighted by atomic mass is 10.0. The highest BCUT2D eigenvalue weighted by Crippen LogP contribution is 2.24. The van der Waals surface area contributed by atoms with Crippen LogP contribution in [0.1, 0.15) is 25.3 Å². The molecule has 2 aromatic rings. The Hall–Kier alpha value is -1.20.